The SMILES string of the molecule is CCCC(C)(C)OC(=O)c1ccc(C(=O)Oc2ccc(C(c3ccc(C(C)(C)CC)cc3)(C(F)(F)F)C(F)(F)F)cc2)c2ccccc12. The smallest absolute Gasteiger partial charge is 0.411 e. The van der Waals surface area contributed by atoms with E-state index in [4.69, 9.17) is 9.47 Å². The Labute approximate surface area is 276 Å². The van der Waals surface area contributed by atoms with Crippen molar-refractivity contribution in [2.45, 2.75) is 89.6 Å². The molecular formula is C38H38F6O4. The molecule has 4 nitrogen and oxygen atoms in total. The predicted octanol–water partition coefficient (Wildman–Crippen LogP) is 10.9. The van der Waals surface area contributed by atoms with Gasteiger partial charge in [-0.2, -0.15) is 26.3 Å². The molecule has 0 radical (unpaired) electrons. The Bertz CT molecular complexity index is 1750. The second-order valence-electron chi connectivity index (χ2n) is 13.1. The van der Waals surface area contributed by atoms with E-state index in [2.05, 4.69) is 0 Å². The van der Waals surface area contributed by atoms with Gasteiger partial charge in [-0.25, -0.2) is 9.59 Å². The molecular weight excluding hydrogens is 634 g/mol. The highest BCUT2D eigenvalue weighted by Gasteiger charge is 2.72. The summed E-state index contributed by atoms with van der Waals surface area (Å²) in [5, 5.41) is 0.762. The summed E-state index contributed by atoms with van der Waals surface area (Å²) in [4.78, 5) is 26.3. The van der Waals surface area contributed by atoms with E-state index >= 15 is 0 Å². The monoisotopic (exact) mass is 672 g/mol. The molecule has 10 heteroatoms. The van der Waals surface area contributed by atoms with Gasteiger partial charge in [0.25, 0.3) is 0 Å². The van der Waals surface area contributed by atoms with E-state index in [0.717, 1.165) is 30.7 Å². The van der Waals surface area contributed by atoms with Crippen molar-refractivity contribution < 1.29 is 45.4 Å². The van der Waals surface area contributed by atoms with Crippen LogP contribution in [0.5, 0.6) is 5.75 Å². The summed E-state index contributed by atoms with van der Waals surface area (Å²) in [6.45, 7) is 11.1. The third kappa shape index (κ3) is 6.93. The van der Waals surface area contributed by atoms with Crippen LogP contribution in [-0.2, 0) is 15.6 Å². The maximum atomic E-state index is 14.7. The number of hydrogen-bond donors (Lipinski definition) is 0. The molecule has 0 N–H and O–H groups in total. The van der Waals surface area contributed by atoms with Crippen LogP contribution in [-0.4, -0.2) is 29.9 Å². The fraction of sp³-hybridized carbons (Fsp3) is 0.368. The Morgan fingerprint density at radius 1 is 0.604 bits per heavy atom. The van der Waals surface area contributed by atoms with Crippen LogP contribution in [0.1, 0.15) is 98.2 Å². The van der Waals surface area contributed by atoms with Crippen molar-refractivity contribution in [3.05, 3.63) is 113 Å². The zero-order chi connectivity index (χ0) is 35.7. The molecule has 48 heavy (non-hydrogen) atoms. The van der Waals surface area contributed by atoms with Crippen LogP contribution in [0.15, 0.2) is 84.9 Å². The van der Waals surface area contributed by atoms with Crippen LogP contribution in [0.25, 0.3) is 10.8 Å². The van der Waals surface area contributed by atoms with Crippen LogP contribution in [0.2, 0.25) is 0 Å². The zero-order valence-electron chi connectivity index (χ0n) is 27.6. The molecule has 0 heterocycles. The molecule has 0 fully saturated rings. The minimum absolute atomic E-state index is 0.0362. The summed E-state index contributed by atoms with van der Waals surface area (Å²) in [6.07, 6.45) is -9.47. The van der Waals surface area contributed by atoms with Gasteiger partial charge in [0.15, 0.2) is 0 Å². The number of rotatable bonds is 10. The first-order chi connectivity index (χ1) is 22.3. The van der Waals surface area contributed by atoms with Crippen molar-refractivity contribution in [2.75, 3.05) is 0 Å². The van der Waals surface area contributed by atoms with E-state index in [9.17, 15) is 35.9 Å². The number of alkyl halides is 6. The van der Waals surface area contributed by atoms with E-state index in [1.807, 2.05) is 27.7 Å². The highest BCUT2D eigenvalue weighted by Crippen LogP contribution is 2.56. The summed E-state index contributed by atoms with van der Waals surface area (Å²) in [5.74, 6) is -1.77. The first-order valence-corrected chi connectivity index (χ1v) is 15.6. The molecule has 0 bridgehead atoms. The van der Waals surface area contributed by atoms with Gasteiger partial charge in [-0.3, -0.25) is 0 Å². The summed E-state index contributed by atoms with van der Waals surface area (Å²) in [5.41, 5.74) is -6.72. The number of ether oxygens (including phenoxy) is 2. The molecule has 0 saturated carbocycles. The third-order valence-electron chi connectivity index (χ3n) is 8.92. The Kier molecular flexibility index (Phi) is 10.1. The minimum Gasteiger partial charge on any atom is -0.456 e. The van der Waals surface area contributed by atoms with Crippen LogP contribution in [0.4, 0.5) is 26.3 Å². The molecule has 0 aliphatic carbocycles. The van der Waals surface area contributed by atoms with Crippen molar-refractivity contribution >= 4 is 22.7 Å². The van der Waals surface area contributed by atoms with Gasteiger partial charge in [-0.15, -0.1) is 0 Å². The van der Waals surface area contributed by atoms with E-state index in [1.54, 1.807) is 38.1 Å². The van der Waals surface area contributed by atoms with Gasteiger partial charge in [0.1, 0.15) is 11.4 Å². The second kappa shape index (κ2) is 13.3. The summed E-state index contributed by atoms with van der Waals surface area (Å²) >= 11 is 0. The molecule has 256 valence electrons. The minimum atomic E-state index is -5.77. The lowest BCUT2D eigenvalue weighted by atomic mass is 9.72. The quantitative estimate of drug-likeness (QED) is 0.0956. The topological polar surface area (TPSA) is 52.6 Å². The predicted molar refractivity (Wildman–Crippen MR) is 172 cm³/mol. The van der Waals surface area contributed by atoms with Crippen LogP contribution in [0.3, 0.4) is 0 Å². The Morgan fingerprint density at radius 2 is 1.04 bits per heavy atom. The van der Waals surface area contributed by atoms with E-state index < -0.39 is 51.8 Å². The number of benzene rings is 4. The normalized spacial score (nSPS) is 13.0. The van der Waals surface area contributed by atoms with E-state index in [0.29, 0.717) is 41.3 Å². The van der Waals surface area contributed by atoms with Crippen LogP contribution < -0.4 is 4.74 Å². The molecule has 0 saturated heterocycles. The Balaban J connectivity index is 1.70. The van der Waals surface area contributed by atoms with Gasteiger partial charge >= 0.3 is 24.3 Å². The molecule has 0 atom stereocenters. The molecule has 0 aromatic heterocycles. The van der Waals surface area contributed by atoms with E-state index in [1.165, 1.54) is 24.3 Å². The highest BCUT2D eigenvalue weighted by atomic mass is 19.4. The Morgan fingerprint density at radius 3 is 1.48 bits per heavy atom. The van der Waals surface area contributed by atoms with Crippen molar-refractivity contribution in [1.82, 2.24) is 0 Å². The number of fused-ring (bicyclic) bond motifs is 1. The van der Waals surface area contributed by atoms with Gasteiger partial charge < -0.3 is 9.47 Å². The van der Waals surface area contributed by atoms with E-state index in [-0.39, 0.29) is 16.9 Å². The van der Waals surface area contributed by atoms with Crippen molar-refractivity contribution in [2.24, 2.45) is 0 Å². The number of carbonyl (C=O) groups excluding carboxylic acids is 2. The van der Waals surface area contributed by atoms with Crippen molar-refractivity contribution in [3.8, 4) is 5.75 Å². The summed E-state index contributed by atoms with van der Waals surface area (Å²) < 4.78 is 99.3. The summed E-state index contributed by atoms with van der Waals surface area (Å²) in [6, 6.07) is 16.8. The molecule has 0 amide bonds. The first kappa shape index (κ1) is 36.5. The van der Waals surface area contributed by atoms with Crippen LogP contribution in [0, 0.1) is 0 Å². The van der Waals surface area contributed by atoms with Gasteiger partial charge in [0.2, 0.25) is 5.41 Å². The molecule has 4 aromatic rings. The van der Waals surface area contributed by atoms with Crippen molar-refractivity contribution in [1.29, 1.82) is 0 Å². The highest BCUT2D eigenvalue weighted by molar-refractivity contribution is 6.12. The average Bonchev–Trinajstić information content (AvgIpc) is 3.00. The molecule has 0 spiro atoms. The lowest BCUT2D eigenvalue weighted by Crippen LogP contribution is -2.54. The van der Waals surface area contributed by atoms with Gasteiger partial charge in [-0.05, 0) is 83.8 Å². The lowest BCUT2D eigenvalue weighted by molar-refractivity contribution is -0.288. The molecule has 0 unspecified atom stereocenters. The third-order valence-corrected chi connectivity index (χ3v) is 8.92. The maximum absolute atomic E-state index is 14.7. The van der Waals surface area contributed by atoms with Gasteiger partial charge in [-0.1, -0.05) is 94.8 Å². The molecule has 4 rings (SSSR count). The lowest BCUT2D eigenvalue weighted by Gasteiger charge is -2.38. The molecule has 0 aliphatic rings. The zero-order valence-corrected chi connectivity index (χ0v) is 27.6. The van der Waals surface area contributed by atoms with Crippen molar-refractivity contribution in [3.63, 3.8) is 0 Å². The van der Waals surface area contributed by atoms with Gasteiger partial charge in [0, 0.05) is 0 Å². The van der Waals surface area contributed by atoms with Gasteiger partial charge in [0.05, 0.1) is 11.1 Å². The fourth-order valence-electron chi connectivity index (χ4n) is 5.91. The molecule has 4 aromatic carbocycles. The largest absolute Gasteiger partial charge is 0.456 e. The number of carbonyl (C=O) groups is 2. The number of esters is 2. The summed E-state index contributed by atoms with van der Waals surface area (Å²) in [7, 11) is 0. The average molecular weight is 673 g/mol. The number of hydrogen-bond acceptors (Lipinski definition) is 4. The second-order valence-corrected chi connectivity index (χ2v) is 13.1. The van der Waals surface area contributed by atoms with Crippen LogP contribution >= 0.6 is 0 Å². The maximum Gasteiger partial charge on any atom is 0.411 e. The first-order valence-electron chi connectivity index (χ1n) is 15.6. The standard InChI is InChI=1S/C38H38F6O4/c1-7-23-35(5,6)48-33(46)31-22-21-30(28-11-9-10-12-29(28)31)32(45)47-27-19-17-26(18-20-27)36(37(39,40)41,38(42,43)44)25-15-13-24(14-16-25)34(3,4)8-2/h9-22H,7-8,23H2,1-6H3. The Hall–Kier alpha value is -4.34. The molecule has 0 aliphatic heterocycles. The fourth-order valence-corrected chi connectivity index (χ4v) is 5.91. The number of halogens is 6.